The van der Waals surface area contributed by atoms with E-state index in [2.05, 4.69) is 19.7 Å². The van der Waals surface area contributed by atoms with Gasteiger partial charge < -0.3 is 9.72 Å². The Hall–Kier alpha value is -1.91. The number of aryl methyl sites for hydroxylation is 1. The highest BCUT2D eigenvalue weighted by atomic mass is 16.5. The van der Waals surface area contributed by atoms with Crippen molar-refractivity contribution in [3.05, 3.63) is 23.7 Å². The summed E-state index contributed by atoms with van der Waals surface area (Å²) >= 11 is 0. The summed E-state index contributed by atoms with van der Waals surface area (Å²) in [5, 5.41) is 0. The van der Waals surface area contributed by atoms with Crippen molar-refractivity contribution in [2.45, 2.75) is 6.92 Å². The lowest BCUT2D eigenvalue weighted by atomic mass is 10.3. The van der Waals surface area contributed by atoms with Crippen LogP contribution >= 0.6 is 0 Å². The van der Waals surface area contributed by atoms with Crippen molar-refractivity contribution in [3.8, 4) is 0 Å². The number of methoxy groups -OCH3 is 1. The topological polar surface area (TPSA) is 67.9 Å². The second-order valence-electron chi connectivity index (χ2n) is 2.90. The second kappa shape index (κ2) is 3.10. The van der Waals surface area contributed by atoms with Gasteiger partial charge in [-0.25, -0.2) is 14.8 Å². The molecule has 2 heterocycles. The number of H-pyrrole nitrogens is 1. The largest absolute Gasteiger partial charge is 0.463 e. The summed E-state index contributed by atoms with van der Waals surface area (Å²) in [5.74, 6) is -0.299. The number of hydrogen-bond acceptors (Lipinski definition) is 4. The number of carbonyl (C=O) groups is 1. The highest BCUT2D eigenvalue weighted by Gasteiger charge is 2.12. The van der Waals surface area contributed by atoms with Crippen LogP contribution in [0.15, 0.2) is 12.3 Å². The zero-order valence-corrected chi connectivity index (χ0v) is 7.87. The average Bonchev–Trinajstić information content (AvgIpc) is 2.62. The van der Waals surface area contributed by atoms with Crippen LogP contribution in [0.4, 0.5) is 0 Å². The normalized spacial score (nSPS) is 10.4. The van der Waals surface area contributed by atoms with Crippen LogP contribution in [0, 0.1) is 6.92 Å². The maximum Gasteiger partial charge on any atom is 0.374 e. The van der Waals surface area contributed by atoms with Crippen LogP contribution in [0.5, 0.6) is 0 Å². The molecular weight excluding hydrogens is 182 g/mol. The molecule has 0 radical (unpaired) electrons. The van der Waals surface area contributed by atoms with Crippen molar-refractivity contribution in [2.24, 2.45) is 0 Å². The third kappa shape index (κ3) is 1.22. The fourth-order valence-corrected chi connectivity index (χ4v) is 1.23. The van der Waals surface area contributed by atoms with Crippen molar-refractivity contribution < 1.29 is 9.53 Å². The van der Waals surface area contributed by atoms with E-state index in [1.54, 1.807) is 6.20 Å². The number of pyridine rings is 1. The number of esters is 1. The molecule has 0 fully saturated rings. The molecule has 0 saturated heterocycles. The number of aromatic amines is 1. The van der Waals surface area contributed by atoms with E-state index in [-0.39, 0.29) is 5.82 Å². The Morgan fingerprint density at radius 2 is 2.36 bits per heavy atom. The number of ether oxygens (including phenoxy) is 1. The monoisotopic (exact) mass is 191 g/mol. The van der Waals surface area contributed by atoms with Crippen molar-refractivity contribution in [3.63, 3.8) is 0 Å². The van der Waals surface area contributed by atoms with Gasteiger partial charge in [0.25, 0.3) is 0 Å². The van der Waals surface area contributed by atoms with Crippen molar-refractivity contribution in [1.29, 1.82) is 0 Å². The molecule has 0 aromatic carbocycles. The molecule has 1 N–H and O–H groups in total. The van der Waals surface area contributed by atoms with Crippen LogP contribution < -0.4 is 0 Å². The van der Waals surface area contributed by atoms with Gasteiger partial charge in [-0.2, -0.15) is 0 Å². The molecule has 0 saturated carbocycles. The fraction of sp³-hybridized carbons (Fsp3) is 0.222. The van der Waals surface area contributed by atoms with E-state index >= 15 is 0 Å². The number of aromatic nitrogens is 3. The zero-order valence-electron chi connectivity index (χ0n) is 7.87. The minimum atomic E-state index is -0.484. The molecule has 14 heavy (non-hydrogen) atoms. The lowest BCUT2D eigenvalue weighted by Gasteiger charge is -1.91. The van der Waals surface area contributed by atoms with Crippen LogP contribution in [0.25, 0.3) is 11.2 Å². The molecule has 0 unspecified atom stereocenters. The van der Waals surface area contributed by atoms with Gasteiger partial charge in [-0.1, -0.05) is 0 Å². The van der Waals surface area contributed by atoms with Crippen LogP contribution in [0.1, 0.15) is 16.2 Å². The minimum absolute atomic E-state index is 0.185. The SMILES string of the molecule is COC(=O)c1nc2nccc(C)c2[nH]1. The summed E-state index contributed by atoms with van der Waals surface area (Å²) in [6.45, 7) is 1.92. The Morgan fingerprint density at radius 3 is 3.00 bits per heavy atom. The van der Waals surface area contributed by atoms with E-state index in [0.29, 0.717) is 5.65 Å². The molecule has 5 nitrogen and oxygen atoms in total. The summed E-state index contributed by atoms with van der Waals surface area (Å²) in [7, 11) is 1.32. The summed E-state index contributed by atoms with van der Waals surface area (Å²) in [6, 6.07) is 1.85. The number of rotatable bonds is 1. The summed E-state index contributed by atoms with van der Waals surface area (Å²) in [5.41, 5.74) is 2.30. The Kier molecular flexibility index (Phi) is 1.92. The van der Waals surface area contributed by atoms with E-state index in [0.717, 1.165) is 11.1 Å². The number of carbonyl (C=O) groups excluding carboxylic acids is 1. The van der Waals surface area contributed by atoms with E-state index in [4.69, 9.17) is 0 Å². The molecule has 0 aliphatic rings. The Bertz CT molecular complexity index is 490. The standard InChI is InChI=1S/C9H9N3O2/c1-5-3-4-10-7-6(5)11-8(12-7)9(13)14-2/h3-4H,1-2H3,(H,10,11,12). The van der Waals surface area contributed by atoms with Crippen LogP contribution in [-0.4, -0.2) is 28.0 Å². The Labute approximate surface area is 80.1 Å². The predicted octanol–water partition coefficient (Wildman–Crippen LogP) is 1.05. The van der Waals surface area contributed by atoms with E-state index in [1.807, 2.05) is 13.0 Å². The smallest absolute Gasteiger partial charge is 0.374 e. The number of hydrogen-bond donors (Lipinski definition) is 1. The van der Waals surface area contributed by atoms with Crippen LogP contribution in [0.2, 0.25) is 0 Å². The molecular formula is C9H9N3O2. The van der Waals surface area contributed by atoms with Gasteiger partial charge in [-0.3, -0.25) is 0 Å². The lowest BCUT2D eigenvalue weighted by Crippen LogP contribution is -2.02. The highest BCUT2D eigenvalue weighted by Crippen LogP contribution is 2.12. The fourth-order valence-electron chi connectivity index (χ4n) is 1.23. The van der Waals surface area contributed by atoms with E-state index in [9.17, 15) is 4.79 Å². The summed E-state index contributed by atoms with van der Waals surface area (Å²) in [6.07, 6.45) is 1.65. The van der Waals surface area contributed by atoms with Crippen molar-refractivity contribution in [2.75, 3.05) is 7.11 Å². The Balaban J connectivity index is 2.62. The van der Waals surface area contributed by atoms with Gasteiger partial charge in [0, 0.05) is 6.20 Å². The number of nitrogens with one attached hydrogen (secondary N) is 1. The molecule has 2 aromatic heterocycles. The third-order valence-corrected chi connectivity index (χ3v) is 1.98. The number of nitrogens with zero attached hydrogens (tertiary/aromatic N) is 2. The van der Waals surface area contributed by atoms with Gasteiger partial charge in [-0.05, 0) is 18.6 Å². The van der Waals surface area contributed by atoms with Gasteiger partial charge in [0.15, 0.2) is 5.65 Å². The zero-order chi connectivity index (χ0) is 10.1. The molecule has 0 aliphatic carbocycles. The molecule has 72 valence electrons. The quantitative estimate of drug-likeness (QED) is 0.684. The lowest BCUT2D eigenvalue weighted by molar-refractivity contribution is 0.0588. The van der Waals surface area contributed by atoms with Crippen molar-refractivity contribution >= 4 is 17.1 Å². The average molecular weight is 191 g/mol. The molecule has 2 rings (SSSR count). The van der Waals surface area contributed by atoms with Gasteiger partial charge in [-0.15, -0.1) is 0 Å². The first kappa shape index (κ1) is 8.68. The number of fused-ring (bicyclic) bond motifs is 1. The third-order valence-electron chi connectivity index (χ3n) is 1.98. The molecule has 5 heteroatoms. The predicted molar refractivity (Wildman–Crippen MR) is 50.0 cm³/mol. The maximum absolute atomic E-state index is 11.2. The van der Waals surface area contributed by atoms with Crippen LogP contribution in [-0.2, 0) is 4.74 Å². The summed E-state index contributed by atoms with van der Waals surface area (Å²) < 4.78 is 4.55. The van der Waals surface area contributed by atoms with E-state index < -0.39 is 5.97 Å². The Morgan fingerprint density at radius 1 is 1.57 bits per heavy atom. The van der Waals surface area contributed by atoms with Gasteiger partial charge >= 0.3 is 5.97 Å². The van der Waals surface area contributed by atoms with Gasteiger partial charge in [0.05, 0.1) is 12.6 Å². The molecule has 0 atom stereocenters. The van der Waals surface area contributed by atoms with Gasteiger partial charge in [0.2, 0.25) is 5.82 Å². The molecule has 0 bridgehead atoms. The van der Waals surface area contributed by atoms with Gasteiger partial charge in [0.1, 0.15) is 0 Å². The maximum atomic E-state index is 11.2. The first-order valence-electron chi connectivity index (χ1n) is 4.12. The highest BCUT2D eigenvalue weighted by molar-refractivity contribution is 5.89. The first-order valence-corrected chi connectivity index (χ1v) is 4.12. The molecule has 0 amide bonds. The summed E-state index contributed by atoms with van der Waals surface area (Å²) in [4.78, 5) is 22.0. The molecule has 0 aliphatic heterocycles. The van der Waals surface area contributed by atoms with Crippen LogP contribution in [0.3, 0.4) is 0 Å². The molecule has 2 aromatic rings. The van der Waals surface area contributed by atoms with E-state index in [1.165, 1.54) is 7.11 Å². The second-order valence-corrected chi connectivity index (χ2v) is 2.90. The van der Waals surface area contributed by atoms with Crippen molar-refractivity contribution in [1.82, 2.24) is 15.0 Å². The minimum Gasteiger partial charge on any atom is -0.463 e. The number of imidazole rings is 1. The molecule has 0 spiro atoms. The first-order chi connectivity index (χ1) is 6.72.